The molecule has 2 aromatic carbocycles. The Balaban J connectivity index is 2.16. The van der Waals surface area contributed by atoms with E-state index in [1.165, 1.54) is 5.56 Å². The third-order valence-corrected chi connectivity index (χ3v) is 2.75. The minimum Gasteiger partial charge on any atom is -0.352 e. The predicted octanol–water partition coefficient (Wildman–Crippen LogP) is 2.72. The summed E-state index contributed by atoms with van der Waals surface area (Å²) >= 11 is 0. The molecule has 1 N–H and O–H groups in total. The highest BCUT2D eigenvalue weighted by atomic mass is 16.1. The Morgan fingerprint density at radius 3 is 2.12 bits per heavy atom. The fourth-order valence-electron chi connectivity index (χ4n) is 1.89. The molecule has 0 fully saturated rings. The van der Waals surface area contributed by atoms with Crippen molar-refractivity contribution in [3.63, 3.8) is 0 Å². The summed E-state index contributed by atoms with van der Waals surface area (Å²) in [6.07, 6.45) is 1.57. The predicted molar refractivity (Wildman–Crippen MR) is 68.5 cm³/mol. The first-order chi connectivity index (χ1) is 8.40. The van der Waals surface area contributed by atoms with E-state index in [0.29, 0.717) is 0 Å². The molecule has 0 aliphatic carbocycles. The van der Waals surface area contributed by atoms with Gasteiger partial charge >= 0.3 is 0 Å². The lowest BCUT2D eigenvalue weighted by Gasteiger charge is -2.16. The average molecular weight is 225 g/mol. The molecule has 0 aromatic heterocycles. The maximum atomic E-state index is 10.7. The highest BCUT2D eigenvalue weighted by Crippen LogP contribution is 2.17. The quantitative estimate of drug-likeness (QED) is 0.779. The summed E-state index contributed by atoms with van der Waals surface area (Å²) in [7, 11) is 0. The number of carbonyl (C=O) groups is 1. The van der Waals surface area contributed by atoms with E-state index in [9.17, 15) is 4.79 Å². The molecule has 1 atom stereocenters. The standard InChI is InChI=1S/C15H15NO/c17-12-16-15(14-9-5-2-6-10-14)11-13-7-3-1-4-8-13/h1-10,12,15H,11H2,(H,16,17). The van der Waals surface area contributed by atoms with Crippen LogP contribution in [0.25, 0.3) is 0 Å². The molecule has 2 aromatic rings. The van der Waals surface area contributed by atoms with Crippen LogP contribution in [0.4, 0.5) is 0 Å². The molecule has 0 heterocycles. The number of benzene rings is 2. The fraction of sp³-hybridized carbons (Fsp3) is 0.133. The van der Waals surface area contributed by atoms with Crippen LogP contribution < -0.4 is 5.32 Å². The highest BCUT2D eigenvalue weighted by Gasteiger charge is 2.10. The van der Waals surface area contributed by atoms with Gasteiger partial charge in [-0.05, 0) is 17.5 Å². The molecule has 0 aliphatic heterocycles. The third-order valence-electron chi connectivity index (χ3n) is 2.75. The lowest BCUT2D eigenvalue weighted by molar-refractivity contribution is -0.110. The van der Waals surface area contributed by atoms with Crippen molar-refractivity contribution in [2.24, 2.45) is 0 Å². The number of rotatable bonds is 5. The van der Waals surface area contributed by atoms with Crippen LogP contribution >= 0.6 is 0 Å². The first kappa shape index (κ1) is 11.4. The molecule has 0 saturated carbocycles. The summed E-state index contributed by atoms with van der Waals surface area (Å²) in [5.41, 5.74) is 2.35. The Hall–Kier alpha value is -2.09. The van der Waals surface area contributed by atoms with Crippen LogP contribution in [0, 0.1) is 0 Å². The number of carbonyl (C=O) groups excluding carboxylic acids is 1. The first-order valence-corrected chi connectivity index (χ1v) is 5.68. The van der Waals surface area contributed by atoms with Crippen molar-refractivity contribution in [3.8, 4) is 0 Å². The van der Waals surface area contributed by atoms with Crippen molar-refractivity contribution in [3.05, 3.63) is 71.8 Å². The zero-order valence-corrected chi connectivity index (χ0v) is 9.54. The van der Waals surface area contributed by atoms with Crippen molar-refractivity contribution in [1.29, 1.82) is 0 Å². The minimum absolute atomic E-state index is 0.0381. The Morgan fingerprint density at radius 1 is 0.941 bits per heavy atom. The largest absolute Gasteiger partial charge is 0.352 e. The molecule has 1 amide bonds. The maximum Gasteiger partial charge on any atom is 0.207 e. The fourth-order valence-corrected chi connectivity index (χ4v) is 1.89. The summed E-state index contributed by atoms with van der Waals surface area (Å²) in [6, 6.07) is 20.2. The van der Waals surface area contributed by atoms with Crippen molar-refractivity contribution >= 4 is 6.41 Å². The molecule has 2 heteroatoms. The second kappa shape index (κ2) is 5.85. The molecule has 0 radical (unpaired) electrons. The van der Waals surface area contributed by atoms with Crippen molar-refractivity contribution in [1.82, 2.24) is 5.32 Å². The Bertz CT molecular complexity index is 453. The van der Waals surface area contributed by atoms with Gasteiger partial charge in [-0.2, -0.15) is 0 Å². The monoisotopic (exact) mass is 225 g/mol. The van der Waals surface area contributed by atoms with E-state index in [4.69, 9.17) is 0 Å². The van der Waals surface area contributed by atoms with Gasteiger partial charge in [0.25, 0.3) is 0 Å². The molecule has 2 rings (SSSR count). The SMILES string of the molecule is O=CNC(Cc1ccccc1)c1ccccc1. The van der Waals surface area contributed by atoms with Crippen LogP contribution in [0.2, 0.25) is 0 Å². The summed E-state index contributed by atoms with van der Waals surface area (Å²) in [5, 5.41) is 2.87. The molecule has 17 heavy (non-hydrogen) atoms. The summed E-state index contributed by atoms with van der Waals surface area (Å²) in [4.78, 5) is 10.7. The van der Waals surface area contributed by atoms with Crippen LogP contribution in [0.15, 0.2) is 60.7 Å². The first-order valence-electron chi connectivity index (χ1n) is 5.68. The summed E-state index contributed by atoms with van der Waals surface area (Å²) < 4.78 is 0. The molecule has 0 saturated heterocycles. The van der Waals surface area contributed by atoms with Gasteiger partial charge in [0.1, 0.15) is 0 Å². The second-order valence-electron chi connectivity index (χ2n) is 3.94. The summed E-state index contributed by atoms with van der Waals surface area (Å²) in [5.74, 6) is 0. The topological polar surface area (TPSA) is 29.1 Å². The van der Waals surface area contributed by atoms with E-state index >= 15 is 0 Å². The number of amides is 1. The highest BCUT2D eigenvalue weighted by molar-refractivity contribution is 5.48. The van der Waals surface area contributed by atoms with Crippen LogP contribution in [-0.2, 0) is 11.2 Å². The van der Waals surface area contributed by atoms with Gasteiger partial charge < -0.3 is 5.32 Å². The molecular formula is C15H15NO. The number of nitrogens with one attached hydrogen (secondary N) is 1. The number of hydrogen-bond acceptors (Lipinski definition) is 1. The van der Waals surface area contributed by atoms with Gasteiger partial charge in [-0.15, -0.1) is 0 Å². The van der Waals surface area contributed by atoms with Crippen molar-refractivity contribution in [2.45, 2.75) is 12.5 Å². The Labute approximate surface area is 101 Å². The van der Waals surface area contributed by atoms with Gasteiger partial charge in [0.15, 0.2) is 0 Å². The normalized spacial score (nSPS) is 11.8. The van der Waals surface area contributed by atoms with Gasteiger partial charge in [-0.1, -0.05) is 60.7 Å². The van der Waals surface area contributed by atoms with E-state index < -0.39 is 0 Å². The molecule has 0 spiro atoms. The van der Waals surface area contributed by atoms with Crippen molar-refractivity contribution < 1.29 is 4.79 Å². The Kier molecular flexibility index (Phi) is 3.92. The van der Waals surface area contributed by atoms with Crippen LogP contribution in [-0.4, -0.2) is 6.41 Å². The molecule has 0 aliphatic rings. The van der Waals surface area contributed by atoms with Gasteiger partial charge in [0.2, 0.25) is 6.41 Å². The van der Waals surface area contributed by atoms with Gasteiger partial charge in [-0.3, -0.25) is 4.79 Å². The smallest absolute Gasteiger partial charge is 0.207 e. The van der Waals surface area contributed by atoms with Crippen molar-refractivity contribution in [2.75, 3.05) is 0 Å². The van der Waals surface area contributed by atoms with Gasteiger partial charge in [0.05, 0.1) is 6.04 Å². The lowest BCUT2D eigenvalue weighted by Crippen LogP contribution is -2.21. The van der Waals surface area contributed by atoms with Gasteiger partial charge in [-0.25, -0.2) is 0 Å². The molecular weight excluding hydrogens is 210 g/mol. The zero-order valence-electron chi connectivity index (χ0n) is 9.54. The second-order valence-corrected chi connectivity index (χ2v) is 3.94. The van der Waals surface area contributed by atoms with Gasteiger partial charge in [0, 0.05) is 0 Å². The maximum absolute atomic E-state index is 10.7. The van der Waals surface area contributed by atoms with E-state index in [1.807, 2.05) is 48.5 Å². The molecule has 86 valence electrons. The van der Waals surface area contributed by atoms with E-state index in [2.05, 4.69) is 17.4 Å². The van der Waals surface area contributed by atoms with E-state index in [-0.39, 0.29) is 6.04 Å². The van der Waals surface area contributed by atoms with Crippen LogP contribution in [0.3, 0.4) is 0 Å². The third kappa shape index (κ3) is 3.18. The van der Waals surface area contributed by atoms with Crippen LogP contribution in [0.1, 0.15) is 17.2 Å². The lowest BCUT2D eigenvalue weighted by atomic mass is 9.99. The molecule has 1 unspecified atom stereocenters. The summed E-state index contributed by atoms with van der Waals surface area (Å²) in [6.45, 7) is 0. The average Bonchev–Trinajstić information content (AvgIpc) is 2.40. The minimum atomic E-state index is 0.0381. The van der Waals surface area contributed by atoms with E-state index in [0.717, 1.165) is 18.4 Å². The zero-order chi connectivity index (χ0) is 11.9. The van der Waals surface area contributed by atoms with Crippen LogP contribution in [0.5, 0.6) is 0 Å². The Morgan fingerprint density at radius 2 is 1.53 bits per heavy atom. The van der Waals surface area contributed by atoms with E-state index in [1.54, 1.807) is 0 Å². The molecule has 0 bridgehead atoms. The number of hydrogen-bond donors (Lipinski definition) is 1. The molecule has 2 nitrogen and oxygen atoms in total.